The molecule has 11 heteroatoms. The van der Waals surface area contributed by atoms with Crippen LogP contribution in [0, 0.1) is 5.92 Å². The third kappa shape index (κ3) is 39.5. The molecular formula is C32H66O11. The van der Waals surface area contributed by atoms with Gasteiger partial charge in [-0.25, -0.2) is 0 Å². The lowest BCUT2D eigenvalue weighted by molar-refractivity contribution is -0.0278. The zero-order valence-electron chi connectivity index (χ0n) is 27.9. The maximum Gasteiger partial charge on any atom is 0.0701 e. The molecule has 1 unspecified atom stereocenters. The SMILES string of the molecule is CCCCCCCOCCOCCOCCOCCOCCOCCOCCOCCOCCOCCOCC(C)CC. The zero-order valence-corrected chi connectivity index (χ0v) is 27.9. The Bertz CT molecular complexity index is 488. The molecule has 0 aromatic carbocycles. The first-order valence-electron chi connectivity index (χ1n) is 16.7. The summed E-state index contributed by atoms with van der Waals surface area (Å²) in [7, 11) is 0. The molecule has 0 saturated heterocycles. The van der Waals surface area contributed by atoms with Gasteiger partial charge in [0.1, 0.15) is 0 Å². The molecule has 0 aromatic rings. The van der Waals surface area contributed by atoms with Crippen molar-refractivity contribution >= 4 is 0 Å². The van der Waals surface area contributed by atoms with Gasteiger partial charge >= 0.3 is 0 Å². The molecule has 0 aromatic heterocycles. The van der Waals surface area contributed by atoms with Crippen LogP contribution in [0.25, 0.3) is 0 Å². The molecule has 0 spiro atoms. The Hall–Kier alpha value is -0.440. The van der Waals surface area contributed by atoms with E-state index in [1.54, 1.807) is 0 Å². The van der Waals surface area contributed by atoms with Gasteiger partial charge in [0.2, 0.25) is 0 Å². The molecule has 0 heterocycles. The van der Waals surface area contributed by atoms with Crippen LogP contribution in [-0.2, 0) is 52.1 Å². The van der Waals surface area contributed by atoms with Gasteiger partial charge < -0.3 is 52.1 Å². The van der Waals surface area contributed by atoms with Gasteiger partial charge in [-0.15, -0.1) is 0 Å². The highest BCUT2D eigenvalue weighted by molar-refractivity contribution is 4.46. The number of hydrogen-bond acceptors (Lipinski definition) is 11. The van der Waals surface area contributed by atoms with E-state index in [4.69, 9.17) is 52.1 Å². The quantitative estimate of drug-likeness (QED) is 0.0919. The molecule has 0 aliphatic heterocycles. The average molecular weight is 627 g/mol. The fraction of sp³-hybridized carbons (Fsp3) is 1.00. The van der Waals surface area contributed by atoms with E-state index in [0.29, 0.717) is 138 Å². The Balaban J connectivity index is 3.04. The molecule has 0 fully saturated rings. The van der Waals surface area contributed by atoms with Gasteiger partial charge in [0, 0.05) is 13.2 Å². The molecule has 11 nitrogen and oxygen atoms in total. The Morgan fingerprint density at radius 1 is 0.302 bits per heavy atom. The predicted octanol–water partition coefficient (Wildman–Crippen LogP) is 4.19. The minimum atomic E-state index is 0.527. The summed E-state index contributed by atoms with van der Waals surface area (Å²) in [4.78, 5) is 0. The summed E-state index contributed by atoms with van der Waals surface area (Å²) < 4.78 is 60.5. The number of rotatable bonds is 39. The number of hydrogen-bond donors (Lipinski definition) is 0. The van der Waals surface area contributed by atoms with Gasteiger partial charge in [0.15, 0.2) is 0 Å². The van der Waals surface area contributed by atoms with Crippen molar-refractivity contribution < 1.29 is 52.1 Å². The molecule has 0 bridgehead atoms. The van der Waals surface area contributed by atoms with E-state index in [0.717, 1.165) is 26.1 Å². The topological polar surface area (TPSA) is 102 Å². The third-order valence-electron chi connectivity index (χ3n) is 6.21. The molecule has 43 heavy (non-hydrogen) atoms. The van der Waals surface area contributed by atoms with Gasteiger partial charge in [-0.2, -0.15) is 0 Å². The molecule has 0 amide bonds. The van der Waals surface area contributed by atoms with E-state index in [9.17, 15) is 0 Å². The number of unbranched alkanes of at least 4 members (excludes halogenated alkanes) is 4. The van der Waals surface area contributed by atoms with Crippen LogP contribution in [0.3, 0.4) is 0 Å². The van der Waals surface area contributed by atoms with Crippen LogP contribution in [0.4, 0.5) is 0 Å². The minimum Gasteiger partial charge on any atom is -0.379 e. The summed E-state index contributed by atoms with van der Waals surface area (Å²) in [6.07, 6.45) is 7.43. The first-order valence-corrected chi connectivity index (χ1v) is 16.7. The Morgan fingerprint density at radius 2 is 0.558 bits per heavy atom. The van der Waals surface area contributed by atoms with Crippen LogP contribution in [-0.4, -0.2) is 145 Å². The fourth-order valence-corrected chi connectivity index (χ4v) is 3.41. The highest BCUT2D eigenvalue weighted by Crippen LogP contribution is 2.02. The average Bonchev–Trinajstić information content (AvgIpc) is 3.02. The smallest absolute Gasteiger partial charge is 0.0701 e. The van der Waals surface area contributed by atoms with Crippen molar-refractivity contribution in [1.82, 2.24) is 0 Å². The largest absolute Gasteiger partial charge is 0.379 e. The lowest BCUT2D eigenvalue weighted by atomic mass is 10.1. The highest BCUT2D eigenvalue weighted by atomic mass is 16.6. The third-order valence-corrected chi connectivity index (χ3v) is 6.21. The first-order chi connectivity index (χ1) is 21.3. The minimum absolute atomic E-state index is 0.527. The number of ether oxygens (including phenoxy) is 11. The van der Waals surface area contributed by atoms with Crippen molar-refractivity contribution in [3.8, 4) is 0 Å². The van der Waals surface area contributed by atoms with E-state index in [2.05, 4.69) is 20.8 Å². The van der Waals surface area contributed by atoms with Gasteiger partial charge in [0.05, 0.1) is 132 Å². The van der Waals surface area contributed by atoms with E-state index < -0.39 is 0 Å². The fourth-order valence-electron chi connectivity index (χ4n) is 3.41. The second-order valence-electron chi connectivity index (χ2n) is 10.1. The van der Waals surface area contributed by atoms with Gasteiger partial charge in [-0.1, -0.05) is 52.9 Å². The first kappa shape index (κ1) is 42.6. The molecule has 0 aliphatic carbocycles. The summed E-state index contributed by atoms with van der Waals surface area (Å²) in [5.74, 6) is 0.601. The van der Waals surface area contributed by atoms with Crippen molar-refractivity contribution in [3.05, 3.63) is 0 Å². The maximum absolute atomic E-state index is 5.56. The van der Waals surface area contributed by atoms with Gasteiger partial charge in [-0.3, -0.25) is 0 Å². The van der Waals surface area contributed by atoms with E-state index in [1.807, 2.05) is 0 Å². The lowest BCUT2D eigenvalue weighted by Gasteiger charge is -2.10. The Kier molecular flexibility index (Phi) is 39.2. The molecule has 260 valence electrons. The molecule has 0 rings (SSSR count). The second-order valence-corrected chi connectivity index (χ2v) is 10.1. The molecule has 1 atom stereocenters. The predicted molar refractivity (Wildman–Crippen MR) is 167 cm³/mol. The summed E-state index contributed by atoms with van der Waals surface area (Å²) in [6.45, 7) is 19.4. The van der Waals surface area contributed by atoms with Crippen LogP contribution in [0.5, 0.6) is 0 Å². The van der Waals surface area contributed by atoms with Crippen molar-refractivity contribution in [2.24, 2.45) is 5.92 Å². The van der Waals surface area contributed by atoms with Crippen LogP contribution in [0.2, 0.25) is 0 Å². The molecule has 0 N–H and O–H groups in total. The van der Waals surface area contributed by atoms with E-state index in [-0.39, 0.29) is 0 Å². The Morgan fingerprint density at radius 3 is 0.837 bits per heavy atom. The lowest BCUT2D eigenvalue weighted by Crippen LogP contribution is -2.15. The van der Waals surface area contributed by atoms with Gasteiger partial charge in [-0.05, 0) is 12.3 Å². The van der Waals surface area contributed by atoms with Crippen LogP contribution >= 0.6 is 0 Å². The van der Waals surface area contributed by atoms with Crippen LogP contribution in [0.1, 0.15) is 59.3 Å². The summed E-state index contributed by atoms with van der Waals surface area (Å²) in [6, 6.07) is 0. The normalized spacial score (nSPS) is 12.3. The summed E-state index contributed by atoms with van der Waals surface area (Å²) in [5, 5.41) is 0. The van der Waals surface area contributed by atoms with Gasteiger partial charge in [0.25, 0.3) is 0 Å². The van der Waals surface area contributed by atoms with E-state index >= 15 is 0 Å². The van der Waals surface area contributed by atoms with Crippen LogP contribution < -0.4 is 0 Å². The van der Waals surface area contributed by atoms with E-state index in [1.165, 1.54) is 25.7 Å². The molecule has 0 saturated carbocycles. The maximum atomic E-state index is 5.56. The highest BCUT2D eigenvalue weighted by Gasteiger charge is 1.99. The summed E-state index contributed by atoms with van der Waals surface area (Å²) in [5.41, 5.74) is 0. The monoisotopic (exact) mass is 626 g/mol. The Labute approximate surface area is 262 Å². The summed E-state index contributed by atoms with van der Waals surface area (Å²) >= 11 is 0. The zero-order chi connectivity index (χ0) is 31.2. The standard InChI is InChI=1S/C32H66O11/c1-4-6-7-8-9-10-33-11-12-34-13-14-35-15-16-36-17-18-37-19-20-38-21-22-39-23-24-40-25-26-41-27-28-42-29-30-43-31-32(3)5-2/h32H,4-31H2,1-3H3. The molecular weight excluding hydrogens is 560 g/mol. The molecule has 0 aliphatic rings. The van der Waals surface area contributed by atoms with Crippen molar-refractivity contribution in [2.75, 3.05) is 145 Å². The van der Waals surface area contributed by atoms with Crippen molar-refractivity contribution in [3.63, 3.8) is 0 Å². The van der Waals surface area contributed by atoms with Crippen molar-refractivity contribution in [1.29, 1.82) is 0 Å². The van der Waals surface area contributed by atoms with Crippen molar-refractivity contribution in [2.45, 2.75) is 59.3 Å². The second kappa shape index (κ2) is 39.6. The van der Waals surface area contributed by atoms with Crippen LogP contribution in [0.15, 0.2) is 0 Å². The molecule has 0 radical (unpaired) electrons.